The topological polar surface area (TPSA) is 45.4 Å². The minimum Gasteiger partial charge on any atom is -0.454 e. The zero-order chi connectivity index (χ0) is 33.5. The van der Waals surface area contributed by atoms with Gasteiger partial charge in [0.1, 0.15) is 11.3 Å². The van der Waals surface area contributed by atoms with Crippen LogP contribution in [0.1, 0.15) is 0 Å². The number of hydrogen-bond donors (Lipinski definition) is 0. The van der Waals surface area contributed by atoms with Crippen molar-refractivity contribution >= 4 is 77.4 Å². The molecule has 0 amide bonds. The zero-order valence-electron chi connectivity index (χ0n) is 27.4. The largest absolute Gasteiger partial charge is 0.454 e. The molecule has 0 aliphatic carbocycles. The van der Waals surface area contributed by atoms with Gasteiger partial charge < -0.3 is 4.42 Å². The molecular formula is C46H28N4O. The lowest BCUT2D eigenvalue weighted by atomic mass is 9.87. The number of hydrogen-bond acceptors (Lipinski definition) is 5. The molecule has 0 radical (unpaired) electrons. The number of aromatic nitrogens is 2. The van der Waals surface area contributed by atoms with Crippen LogP contribution in [0.2, 0.25) is 0 Å². The molecule has 5 heteroatoms. The first-order chi connectivity index (χ1) is 25.3. The zero-order valence-corrected chi connectivity index (χ0v) is 27.4. The number of fused-ring (bicyclic) bond motifs is 13. The van der Waals surface area contributed by atoms with E-state index in [-0.39, 0.29) is 0 Å². The van der Waals surface area contributed by atoms with E-state index in [1.54, 1.807) is 0 Å². The Hall–Kier alpha value is -6.98. The Morgan fingerprint density at radius 3 is 1.92 bits per heavy atom. The number of nitrogens with zero attached hydrogens (tertiary/aromatic N) is 4. The molecule has 10 aromatic rings. The SMILES string of the molecule is c1ccc(-c2nc(N3c4c(c5ccccc5c5c4oc4ccccc45)-c4c(ccc5ccccc45)N3c3ccccc3)nc3ccccc23)cc1. The quantitative estimate of drug-likeness (QED) is 0.190. The fourth-order valence-electron chi connectivity index (χ4n) is 7.99. The van der Waals surface area contributed by atoms with Gasteiger partial charge >= 0.3 is 0 Å². The summed E-state index contributed by atoms with van der Waals surface area (Å²) in [5.74, 6) is 0.550. The van der Waals surface area contributed by atoms with Crippen molar-refractivity contribution in [1.29, 1.82) is 0 Å². The third-order valence-corrected chi connectivity index (χ3v) is 10.1. The van der Waals surface area contributed by atoms with Crippen molar-refractivity contribution in [1.82, 2.24) is 9.97 Å². The summed E-state index contributed by atoms with van der Waals surface area (Å²) < 4.78 is 7.00. The summed E-state index contributed by atoms with van der Waals surface area (Å²) >= 11 is 0. The van der Waals surface area contributed by atoms with Crippen LogP contribution >= 0.6 is 0 Å². The molecule has 0 saturated carbocycles. The summed E-state index contributed by atoms with van der Waals surface area (Å²) in [7, 11) is 0. The first-order valence-corrected chi connectivity index (χ1v) is 17.2. The Morgan fingerprint density at radius 1 is 0.451 bits per heavy atom. The van der Waals surface area contributed by atoms with Crippen molar-refractivity contribution in [3.05, 3.63) is 170 Å². The molecule has 3 heterocycles. The van der Waals surface area contributed by atoms with E-state index in [0.717, 1.165) is 83.1 Å². The predicted octanol–water partition coefficient (Wildman–Crippen LogP) is 12.4. The lowest BCUT2D eigenvalue weighted by Gasteiger charge is -2.43. The van der Waals surface area contributed by atoms with E-state index in [0.29, 0.717) is 5.95 Å². The lowest BCUT2D eigenvalue weighted by Crippen LogP contribution is -2.40. The highest BCUT2D eigenvalue weighted by Gasteiger charge is 2.38. The minimum atomic E-state index is 0.550. The second kappa shape index (κ2) is 10.8. The van der Waals surface area contributed by atoms with Gasteiger partial charge in [0.15, 0.2) is 5.58 Å². The van der Waals surface area contributed by atoms with Gasteiger partial charge in [-0.3, -0.25) is 0 Å². The fourth-order valence-corrected chi connectivity index (χ4v) is 7.99. The number of hydrazine groups is 1. The fraction of sp³-hybridized carbons (Fsp3) is 0. The third-order valence-electron chi connectivity index (χ3n) is 10.1. The van der Waals surface area contributed by atoms with E-state index in [4.69, 9.17) is 14.4 Å². The monoisotopic (exact) mass is 652 g/mol. The Morgan fingerprint density at radius 2 is 1.10 bits per heavy atom. The highest BCUT2D eigenvalue weighted by molar-refractivity contribution is 6.30. The summed E-state index contributed by atoms with van der Waals surface area (Å²) in [5.41, 5.74) is 9.55. The normalized spacial score (nSPS) is 12.6. The van der Waals surface area contributed by atoms with Crippen molar-refractivity contribution in [2.24, 2.45) is 0 Å². The van der Waals surface area contributed by atoms with Crippen molar-refractivity contribution in [3.63, 3.8) is 0 Å². The molecular weight excluding hydrogens is 625 g/mol. The maximum Gasteiger partial charge on any atom is 0.251 e. The van der Waals surface area contributed by atoms with Crippen LogP contribution in [0.15, 0.2) is 174 Å². The van der Waals surface area contributed by atoms with E-state index in [1.807, 2.05) is 18.2 Å². The first kappa shape index (κ1) is 27.9. The number of anilines is 4. The molecule has 5 nitrogen and oxygen atoms in total. The molecule has 0 N–H and O–H groups in total. The highest BCUT2D eigenvalue weighted by Crippen LogP contribution is 2.57. The van der Waals surface area contributed by atoms with E-state index < -0.39 is 0 Å². The summed E-state index contributed by atoms with van der Waals surface area (Å²) in [6, 6.07) is 59.3. The Kier molecular flexibility index (Phi) is 5.89. The van der Waals surface area contributed by atoms with E-state index in [2.05, 4.69) is 162 Å². The van der Waals surface area contributed by atoms with Crippen LogP contribution < -0.4 is 10.0 Å². The van der Waals surface area contributed by atoms with Gasteiger partial charge in [-0.25, -0.2) is 20.0 Å². The standard InChI is InChI=1S/C46H28N4O/c1-3-16-30(17-4-1)43-35-23-11-13-25-37(35)47-46(48-43)50-44-42(34-22-10-9-21-33(34)40-36-24-12-14-26-39(36)51-45(40)44)41-32-20-8-7-15-29(32)27-28-38(41)49(50)31-18-5-2-6-19-31/h1-28H. The number of rotatable bonds is 3. The Bertz CT molecular complexity index is 2990. The lowest BCUT2D eigenvalue weighted by molar-refractivity contribution is 0.667. The first-order valence-electron chi connectivity index (χ1n) is 17.2. The number of benzene rings is 8. The number of para-hydroxylation sites is 3. The van der Waals surface area contributed by atoms with Crippen LogP contribution in [-0.2, 0) is 0 Å². The van der Waals surface area contributed by atoms with Gasteiger partial charge in [-0.2, -0.15) is 0 Å². The number of furan rings is 1. The van der Waals surface area contributed by atoms with Crippen molar-refractivity contribution < 1.29 is 4.42 Å². The van der Waals surface area contributed by atoms with Crippen LogP contribution in [0.4, 0.5) is 23.0 Å². The molecule has 1 aliphatic rings. The van der Waals surface area contributed by atoms with Gasteiger partial charge in [-0.1, -0.05) is 140 Å². The molecule has 238 valence electrons. The molecule has 11 rings (SSSR count). The van der Waals surface area contributed by atoms with E-state index in [9.17, 15) is 0 Å². The highest BCUT2D eigenvalue weighted by atomic mass is 16.3. The average molecular weight is 653 g/mol. The average Bonchev–Trinajstić information content (AvgIpc) is 3.60. The van der Waals surface area contributed by atoms with Gasteiger partial charge in [0, 0.05) is 32.8 Å². The Balaban J connectivity index is 1.37. The molecule has 51 heavy (non-hydrogen) atoms. The van der Waals surface area contributed by atoms with Crippen LogP contribution in [0.5, 0.6) is 0 Å². The Labute approximate surface area is 293 Å². The molecule has 0 unspecified atom stereocenters. The van der Waals surface area contributed by atoms with Gasteiger partial charge in [0.25, 0.3) is 5.95 Å². The summed E-state index contributed by atoms with van der Waals surface area (Å²) in [6.07, 6.45) is 0. The van der Waals surface area contributed by atoms with Crippen LogP contribution in [-0.4, -0.2) is 9.97 Å². The van der Waals surface area contributed by atoms with Gasteiger partial charge in [0.05, 0.1) is 22.6 Å². The maximum atomic E-state index is 7.00. The molecule has 0 fully saturated rings. The summed E-state index contributed by atoms with van der Waals surface area (Å²) in [6.45, 7) is 0. The van der Waals surface area contributed by atoms with E-state index >= 15 is 0 Å². The van der Waals surface area contributed by atoms with Crippen molar-refractivity contribution in [3.8, 4) is 22.4 Å². The van der Waals surface area contributed by atoms with Gasteiger partial charge in [-0.05, 0) is 51.9 Å². The second-order valence-electron chi connectivity index (χ2n) is 13.0. The van der Waals surface area contributed by atoms with E-state index in [1.165, 1.54) is 10.8 Å². The maximum absolute atomic E-state index is 7.00. The molecule has 2 aromatic heterocycles. The minimum absolute atomic E-state index is 0.550. The van der Waals surface area contributed by atoms with Gasteiger partial charge in [-0.15, -0.1) is 0 Å². The molecule has 0 spiro atoms. The van der Waals surface area contributed by atoms with Crippen molar-refractivity contribution in [2.75, 3.05) is 10.0 Å². The van der Waals surface area contributed by atoms with Crippen LogP contribution in [0.3, 0.4) is 0 Å². The molecule has 0 saturated heterocycles. The smallest absolute Gasteiger partial charge is 0.251 e. The molecule has 0 bridgehead atoms. The third kappa shape index (κ3) is 4.03. The summed E-state index contributed by atoms with van der Waals surface area (Å²) in [4.78, 5) is 10.8. The van der Waals surface area contributed by atoms with Crippen LogP contribution in [0.25, 0.3) is 76.8 Å². The molecule has 1 aliphatic heterocycles. The molecule has 8 aromatic carbocycles. The molecule has 0 atom stereocenters. The van der Waals surface area contributed by atoms with Crippen molar-refractivity contribution in [2.45, 2.75) is 0 Å². The predicted molar refractivity (Wildman–Crippen MR) is 210 cm³/mol. The summed E-state index contributed by atoms with van der Waals surface area (Å²) in [5, 5.41) is 12.2. The van der Waals surface area contributed by atoms with Crippen LogP contribution in [0, 0.1) is 0 Å². The van der Waals surface area contributed by atoms with Gasteiger partial charge in [0.2, 0.25) is 0 Å². The second-order valence-corrected chi connectivity index (χ2v) is 13.0.